The van der Waals surface area contributed by atoms with Gasteiger partial charge in [0.2, 0.25) is 0 Å². The van der Waals surface area contributed by atoms with Gasteiger partial charge in [-0.3, -0.25) is 0 Å². The zero-order valence-corrected chi connectivity index (χ0v) is 21.2. The largest absolute Gasteiger partial charge is 0.870 e. The molecule has 0 aliphatic carbocycles. The Balaban J connectivity index is 0.000000222. The third-order valence-electron chi connectivity index (χ3n) is 5.14. The number of benzene rings is 4. The number of halogens is 4. The number of rotatable bonds is 4. The van der Waals surface area contributed by atoms with Gasteiger partial charge in [-0.15, -0.1) is 0 Å². The number of hydrogen-bond acceptors (Lipinski definition) is 1. The molecule has 164 valence electrons. The molecule has 0 saturated heterocycles. The Labute approximate surface area is 209 Å². The van der Waals surface area contributed by atoms with Gasteiger partial charge in [0.1, 0.15) is 23.2 Å². The van der Waals surface area contributed by atoms with Crippen molar-refractivity contribution in [1.29, 1.82) is 0 Å². The van der Waals surface area contributed by atoms with Crippen LogP contribution in [0.5, 0.6) is 5.75 Å². The lowest BCUT2D eigenvalue weighted by Gasteiger charge is -2.26. The summed E-state index contributed by atoms with van der Waals surface area (Å²) in [7, 11) is -1.53. The number of hydrogen-bond donors (Lipinski definition) is 0. The van der Waals surface area contributed by atoms with Gasteiger partial charge in [0.05, 0.1) is 26.3 Å². The molecule has 0 atom stereocenters. The Morgan fingerprint density at radius 2 is 0.906 bits per heavy atom. The molecule has 0 radical (unpaired) electrons. The maximum Gasteiger partial charge on any atom is 0.111 e. The highest BCUT2D eigenvalue weighted by molar-refractivity contribution is 7.95. The molecule has 0 bridgehead atoms. The van der Waals surface area contributed by atoms with Crippen molar-refractivity contribution in [1.82, 2.24) is 0 Å². The molecule has 0 heterocycles. The lowest BCUT2D eigenvalue weighted by atomic mass is 10.3. The van der Waals surface area contributed by atoms with Crippen molar-refractivity contribution in [3.63, 3.8) is 0 Å². The zero-order valence-electron chi connectivity index (χ0n) is 17.3. The molecule has 4 rings (SSSR count). The first kappa shape index (κ1) is 24.9. The first-order valence-corrected chi connectivity index (χ1v) is 13.4. The lowest BCUT2D eigenvalue weighted by Crippen LogP contribution is -2.32. The van der Waals surface area contributed by atoms with E-state index >= 15 is 0 Å². The monoisotopic (exact) mass is 520 g/mol. The van der Waals surface area contributed by atoms with E-state index in [0.29, 0.717) is 0 Å². The minimum absolute atomic E-state index is 0.0962. The molecule has 0 unspecified atom stereocenters. The van der Waals surface area contributed by atoms with Crippen LogP contribution >= 0.6 is 53.7 Å². The Morgan fingerprint density at radius 1 is 0.594 bits per heavy atom. The van der Waals surface area contributed by atoms with Gasteiger partial charge in [-0.05, 0) is 49.4 Å². The van der Waals surface area contributed by atoms with Gasteiger partial charge in [0, 0.05) is 0 Å². The topological polar surface area (TPSA) is 23.1 Å². The smallest absolute Gasteiger partial charge is 0.111 e. The SMILES string of the molecule is CC[P+](c1ccccc1)(c1ccccc1)c1ccccc1.[O-]c1c(Cl)c(Cl)cc(Cl)c1Cl. The third-order valence-corrected chi connectivity index (χ3v) is 11.2. The molecule has 0 fully saturated rings. The maximum absolute atomic E-state index is 11.0. The molecule has 0 amide bonds. The predicted octanol–water partition coefficient (Wildman–Crippen LogP) is 7.37. The summed E-state index contributed by atoms with van der Waals surface area (Å²) in [5.41, 5.74) is 0. The van der Waals surface area contributed by atoms with Crippen molar-refractivity contribution in [2.75, 3.05) is 6.16 Å². The second-order valence-electron chi connectivity index (χ2n) is 6.93. The van der Waals surface area contributed by atoms with Crippen molar-refractivity contribution in [2.24, 2.45) is 0 Å². The van der Waals surface area contributed by atoms with Crippen LogP contribution in [0.25, 0.3) is 0 Å². The van der Waals surface area contributed by atoms with E-state index < -0.39 is 13.0 Å². The average Bonchev–Trinajstić information content (AvgIpc) is 2.85. The van der Waals surface area contributed by atoms with Crippen LogP contribution in [0.2, 0.25) is 20.1 Å². The maximum atomic E-state index is 11.0. The van der Waals surface area contributed by atoms with Crippen molar-refractivity contribution >= 4 is 69.6 Å². The second-order valence-corrected chi connectivity index (χ2v) is 12.3. The van der Waals surface area contributed by atoms with Crippen molar-refractivity contribution in [3.8, 4) is 5.75 Å². The first-order chi connectivity index (χ1) is 15.4. The van der Waals surface area contributed by atoms with Gasteiger partial charge < -0.3 is 5.11 Å². The molecule has 1 nitrogen and oxygen atoms in total. The molecule has 0 saturated carbocycles. The molecule has 6 heteroatoms. The summed E-state index contributed by atoms with van der Waals surface area (Å²) in [4.78, 5) is 0. The molecule has 0 aliphatic rings. The quantitative estimate of drug-likeness (QED) is 0.203. The van der Waals surface area contributed by atoms with Crippen LogP contribution in [-0.2, 0) is 0 Å². The molecular weight excluding hydrogens is 501 g/mol. The molecule has 0 aromatic heterocycles. The second kappa shape index (κ2) is 11.4. The minimum atomic E-state index is -1.53. The van der Waals surface area contributed by atoms with E-state index in [-0.39, 0.29) is 20.1 Å². The third kappa shape index (κ3) is 5.25. The van der Waals surface area contributed by atoms with Crippen molar-refractivity contribution < 1.29 is 5.11 Å². The summed E-state index contributed by atoms with van der Waals surface area (Å²) in [6.45, 7) is 2.32. The normalized spacial score (nSPS) is 10.9. The van der Waals surface area contributed by atoms with Crippen LogP contribution in [0.1, 0.15) is 6.92 Å². The molecule has 0 spiro atoms. The summed E-state index contributed by atoms with van der Waals surface area (Å²) in [6.07, 6.45) is 1.14. The summed E-state index contributed by atoms with van der Waals surface area (Å²) in [5.74, 6) is -0.536. The van der Waals surface area contributed by atoms with Gasteiger partial charge in [0.15, 0.2) is 0 Å². The summed E-state index contributed by atoms with van der Waals surface area (Å²) >= 11 is 22.0. The van der Waals surface area contributed by atoms with Gasteiger partial charge >= 0.3 is 0 Å². The van der Waals surface area contributed by atoms with Gasteiger partial charge in [0.25, 0.3) is 0 Å². The first-order valence-electron chi connectivity index (χ1n) is 9.96. The Hall–Kier alpha value is -1.73. The fraction of sp³-hybridized carbons (Fsp3) is 0.0769. The molecule has 32 heavy (non-hydrogen) atoms. The van der Waals surface area contributed by atoms with E-state index in [0.717, 1.165) is 6.16 Å². The lowest BCUT2D eigenvalue weighted by molar-refractivity contribution is -0.267. The highest BCUT2D eigenvalue weighted by atomic mass is 35.5. The van der Waals surface area contributed by atoms with Crippen molar-refractivity contribution in [3.05, 3.63) is 117 Å². The molecule has 4 aromatic carbocycles. The van der Waals surface area contributed by atoms with Crippen molar-refractivity contribution in [2.45, 2.75) is 6.92 Å². The summed E-state index contributed by atoms with van der Waals surface area (Å²) in [5, 5.41) is 15.4. The van der Waals surface area contributed by atoms with Crippen LogP contribution in [0.15, 0.2) is 97.1 Å². The molecule has 0 aliphatic heterocycles. The standard InChI is InChI=1S/C20H20P.C6H2Cl4O/c1-2-21(18-12-6-3-7-13-18,19-14-8-4-9-15-19)20-16-10-5-11-17-20;7-2-1-3(8)5(10)6(11)4(2)9/h3-17H,2H2,1H3;1,11H/q+1;/p-1. The van der Waals surface area contributed by atoms with E-state index in [9.17, 15) is 5.11 Å². The van der Waals surface area contributed by atoms with E-state index in [1.807, 2.05) is 0 Å². The van der Waals surface area contributed by atoms with E-state index in [2.05, 4.69) is 97.9 Å². The van der Waals surface area contributed by atoms with Gasteiger partial charge in [-0.1, -0.05) is 107 Å². The average molecular weight is 522 g/mol. The van der Waals surface area contributed by atoms with E-state index in [1.165, 1.54) is 22.0 Å². The van der Waals surface area contributed by atoms with Gasteiger partial charge in [-0.2, -0.15) is 0 Å². The minimum Gasteiger partial charge on any atom is -0.870 e. The fourth-order valence-corrected chi connectivity index (χ4v) is 8.42. The summed E-state index contributed by atoms with van der Waals surface area (Å²) < 4.78 is 0. The Kier molecular flexibility index (Phi) is 8.88. The van der Waals surface area contributed by atoms with E-state index in [4.69, 9.17) is 46.4 Å². The van der Waals surface area contributed by atoms with Gasteiger partial charge in [-0.25, -0.2) is 0 Å². The van der Waals surface area contributed by atoms with Crippen LogP contribution in [0.3, 0.4) is 0 Å². The van der Waals surface area contributed by atoms with Crippen LogP contribution in [0.4, 0.5) is 0 Å². The van der Waals surface area contributed by atoms with Crippen LogP contribution in [0, 0.1) is 0 Å². The highest BCUT2D eigenvalue weighted by Gasteiger charge is 2.43. The summed E-state index contributed by atoms with van der Waals surface area (Å²) in [6, 6.07) is 34.3. The molecular formula is C26H21Cl4OP. The predicted molar refractivity (Wildman–Crippen MR) is 142 cm³/mol. The zero-order chi connectivity index (χ0) is 23.1. The Bertz CT molecular complexity index is 1030. The molecule has 4 aromatic rings. The Morgan fingerprint density at radius 3 is 1.19 bits per heavy atom. The highest BCUT2D eigenvalue weighted by Crippen LogP contribution is 2.54. The fourth-order valence-electron chi connectivity index (χ4n) is 3.59. The van der Waals surface area contributed by atoms with Crippen LogP contribution < -0.4 is 21.0 Å². The van der Waals surface area contributed by atoms with Crippen LogP contribution in [-0.4, -0.2) is 6.16 Å². The van der Waals surface area contributed by atoms with E-state index in [1.54, 1.807) is 0 Å². The molecule has 0 N–H and O–H groups in total.